The van der Waals surface area contributed by atoms with Crippen LogP contribution >= 0.6 is 0 Å². The largest absolute Gasteiger partial charge is 0.356 e. The minimum absolute atomic E-state index is 0.0646. The average Bonchev–Trinajstić information content (AvgIpc) is 3.04. The highest BCUT2D eigenvalue weighted by Gasteiger charge is 2.02. The van der Waals surface area contributed by atoms with E-state index in [1.54, 1.807) is 29.5 Å². The van der Waals surface area contributed by atoms with E-state index in [4.69, 9.17) is 0 Å². The molecule has 0 spiro atoms. The van der Waals surface area contributed by atoms with Gasteiger partial charge in [0.25, 0.3) is 0 Å². The highest BCUT2D eigenvalue weighted by Crippen LogP contribution is 1.98. The molecule has 96 valence electrons. The zero-order chi connectivity index (χ0) is 12.6. The van der Waals surface area contributed by atoms with Crippen molar-refractivity contribution < 1.29 is 4.79 Å². The topological polar surface area (TPSA) is 88.5 Å². The number of aromatic nitrogens is 5. The Hall–Kier alpha value is -2.18. The predicted octanol–water partition coefficient (Wildman–Crippen LogP) is 0.140. The third-order valence-electron chi connectivity index (χ3n) is 2.55. The van der Waals surface area contributed by atoms with E-state index in [0.717, 1.165) is 18.5 Å². The van der Waals surface area contributed by atoms with E-state index in [9.17, 15) is 4.79 Å². The van der Waals surface area contributed by atoms with Crippen molar-refractivity contribution >= 4 is 5.91 Å². The van der Waals surface area contributed by atoms with Crippen molar-refractivity contribution in [3.05, 3.63) is 30.4 Å². The number of H-pyrrole nitrogens is 1. The molecule has 2 N–H and O–H groups in total. The van der Waals surface area contributed by atoms with Gasteiger partial charge in [-0.25, -0.2) is 0 Å². The molecular formula is C11H16N6O. The van der Waals surface area contributed by atoms with Crippen LogP contribution in [0.2, 0.25) is 0 Å². The average molecular weight is 248 g/mol. The van der Waals surface area contributed by atoms with Gasteiger partial charge >= 0.3 is 0 Å². The molecule has 0 aliphatic carbocycles. The number of aromatic amines is 1. The summed E-state index contributed by atoms with van der Waals surface area (Å²) in [4.78, 5) is 11.5. The summed E-state index contributed by atoms with van der Waals surface area (Å²) < 4.78 is 1.75. The molecule has 0 saturated heterocycles. The van der Waals surface area contributed by atoms with Crippen LogP contribution in [0, 0.1) is 0 Å². The fourth-order valence-electron chi connectivity index (χ4n) is 1.58. The van der Waals surface area contributed by atoms with Gasteiger partial charge in [0.15, 0.2) is 0 Å². The first-order chi connectivity index (χ1) is 8.84. The van der Waals surface area contributed by atoms with Crippen LogP contribution in [0.3, 0.4) is 0 Å². The lowest BCUT2D eigenvalue weighted by molar-refractivity contribution is -0.121. The SMILES string of the molecule is O=C(CCc1cn[nH]c1)NCCCn1ccnn1. The second kappa shape index (κ2) is 6.53. The van der Waals surface area contributed by atoms with Crippen molar-refractivity contribution in [3.63, 3.8) is 0 Å². The van der Waals surface area contributed by atoms with Gasteiger partial charge in [0, 0.05) is 31.9 Å². The van der Waals surface area contributed by atoms with Crippen molar-refractivity contribution in [1.29, 1.82) is 0 Å². The molecule has 0 bridgehead atoms. The van der Waals surface area contributed by atoms with Crippen LogP contribution in [-0.4, -0.2) is 37.6 Å². The fraction of sp³-hybridized carbons (Fsp3) is 0.455. The molecule has 2 heterocycles. The van der Waals surface area contributed by atoms with E-state index < -0.39 is 0 Å². The lowest BCUT2D eigenvalue weighted by Gasteiger charge is -2.04. The van der Waals surface area contributed by atoms with E-state index >= 15 is 0 Å². The standard InChI is InChI=1S/C11H16N6O/c18-11(3-2-10-8-14-15-9-10)12-4-1-6-17-7-5-13-16-17/h5,7-9H,1-4,6H2,(H,12,18)(H,14,15). The number of aryl methyl sites for hydroxylation is 2. The molecule has 0 aliphatic rings. The number of carbonyl (C=O) groups excluding carboxylic acids is 1. The Kier molecular flexibility index (Phi) is 4.46. The predicted molar refractivity (Wildman–Crippen MR) is 64.6 cm³/mol. The molecule has 0 radical (unpaired) electrons. The van der Waals surface area contributed by atoms with Crippen LogP contribution in [0.25, 0.3) is 0 Å². The summed E-state index contributed by atoms with van der Waals surface area (Å²) in [5.41, 5.74) is 1.05. The van der Waals surface area contributed by atoms with Gasteiger partial charge in [0.05, 0.1) is 12.4 Å². The molecule has 18 heavy (non-hydrogen) atoms. The Balaban J connectivity index is 1.55. The zero-order valence-corrected chi connectivity index (χ0v) is 10.0. The summed E-state index contributed by atoms with van der Waals surface area (Å²) >= 11 is 0. The van der Waals surface area contributed by atoms with Gasteiger partial charge in [-0.05, 0) is 18.4 Å². The number of hydrogen-bond donors (Lipinski definition) is 2. The van der Waals surface area contributed by atoms with Crippen LogP contribution in [0.15, 0.2) is 24.8 Å². The molecule has 0 fully saturated rings. The lowest BCUT2D eigenvalue weighted by Crippen LogP contribution is -2.25. The maximum absolute atomic E-state index is 11.5. The normalized spacial score (nSPS) is 10.4. The van der Waals surface area contributed by atoms with Crippen molar-refractivity contribution in [1.82, 2.24) is 30.5 Å². The molecule has 0 aromatic carbocycles. The minimum atomic E-state index is 0.0646. The van der Waals surface area contributed by atoms with Gasteiger partial charge < -0.3 is 5.32 Å². The number of nitrogens with zero attached hydrogens (tertiary/aromatic N) is 4. The van der Waals surface area contributed by atoms with Crippen molar-refractivity contribution in [3.8, 4) is 0 Å². The molecule has 2 rings (SSSR count). The maximum Gasteiger partial charge on any atom is 0.220 e. The Morgan fingerprint density at radius 3 is 3.17 bits per heavy atom. The Morgan fingerprint density at radius 1 is 1.50 bits per heavy atom. The molecule has 0 unspecified atom stereocenters. The quantitative estimate of drug-likeness (QED) is 0.682. The van der Waals surface area contributed by atoms with Crippen LogP contribution in [0.5, 0.6) is 0 Å². The highest BCUT2D eigenvalue weighted by molar-refractivity contribution is 5.76. The number of rotatable bonds is 7. The third kappa shape index (κ3) is 4.00. The Morgan fingerprint density at radius 2 is 2.44 bits per heavy atom. The molecule has 0 saturated carbocycles. The van der Waals surface area contributed by atoms with Crippen LogP contribution in [0.1, 0.15) is 18.4 Å². The molecule has 2 aromatic heterocycles. The number of hydrogen-bond acceptors (Lipinski definition) is 4. The molecule has 2 aromatic rings. The first kappa shape index (κ1) is 12.3. The van der Waals surface area contributed by atoms with Crippen molar-refractivity contribution in [2.75, 3.05) is 6.54 Å². The first-order valence-electron chi connectivity index (χ1n) is 5.93. The zero-order valence-electron chi connectivity index (χ0n) is 10.0. The van der Waals surface area contributed by atoms with E-state index in [1.807, 2.05) is 0 Å². The lowest BCUT2D eigenvalue weighted by atomic mass is 10.2. The van der Waals surface area contributed by atoms with Gasteiger partial charge in [-0.15, -0.1) is 5.10 Å². The fourth-order valence-corrected chi connectivity index (χ4v) is 1.58. The second-order valence-electron chi connectivity index (χ2n) is 3.98. The maximum atomic E-state index is 11.5. The Labute approximate surface area is 105 Å². The molecule has 0 aliphatic heterocycles. The summed E-state index contributed by atoms with van der Waals surface area (Å²) in [6, 6.07) is 0. The van der Waals surface area contributed by atoms with E-state index in [0.29, 0.717) is 19.4 Å². The third-order valence-corrected chi connectivity index (χ3v) is 2.55. The van der Waals surface area contributed by atoms with Gasteiger partial charge in [-0.2, -0.15) is 5.10 Å². The van der Waals surface area contributed by atoms with Crippen LogP contribution < -0.4 is 5.32 Å². The van der Waals surface area contributed by atoms with E-state index in [1.165, 1.54) is 0 Å². The Bertz CT molecular complexity index is 450. The summed E-state index contributed by atoms with van der Waals surface area (Å²) in [6.45, 7) is 1.42. The van der Waals surface area contributed by atoms with Gasteiger partial charge in [-0.1, -0.05) is 5.21 Å². The summed E-state index contributed by atoms with van der Waals surface area (Å²) in [5.74, 6) is 0.0646. The summed E-state index contributed by atoms with van der Waals surface area (Å²) in [7, 11) is 0. The minimum Gasteiger partial charge on any atom is -0.356 e. The molecular weight excluding hydrogens is 232 g/mol. The number of carbonyl (C=O) groups is 1. The summed E-state index contributed by atoms with van der Waals surface area (Å²) in [6.07, 6.45) is 9.04. The van der Waals surface area contributed by atoms with Crippen LogP contribution in [0.4, 0.5) is 0 Å². The van der Waals surface area contributed by atoms with Gasteiger partial charge in [-0.3, -0.25) is 14.6 Å². The van der Waals surface area contributed by atoms with E-state index in [2.05, 4.69) is 25.8 Å². The molecule has 7 heteroatoms. The van der Waals surface area contributed by atoms with Crippen LogP contribution in [-0.2, 0) is 17.8 Å². The smallest absolute Gasteiger partial charge is 0.220 e. The van der Waals surface area contributed by atoms with Gasteiger partial charge in [0.1, 0.15) is 0 Å². The van der Waals surface area contributed by atoms with Crippen molar-refractivity contribution in [2.45, 2.75) is 25.8 Å². The second-order valence-corrected chi connectivity index (χ2v) is 3.98. The van der Waals surface area contributed by atoms with E-state index in [-0.39, 0.29) is 5.91 Å². The molecule has 0 atom stereocenters. The molecule has 1 amide bonds. The monoisotopic (exact) mass is 248 g/mol. The molecule has 7 nitrogen and oxygen atoms in total. The highest BCUT2D eigenvalue weighted by atomic mass is 16.1. The van der Waals surface area contributed by atoms with Gasteiger partial charge in [0.2, 0.25) is 5.91 Å². The van der Waals surface area contributed by atoms with Crippen molar-refractivity contribution in [2.24, 2.45) is 0 Å². The number of nitrogens with one attached hydrogen (secondary N) is 2. The number of amides is 1. The first-order valence-corrected chi connectivity index (χ1v) is 5.93. The summed E-state index contributed by atoms with van der Waals surface area (Å²) in [5, 5.41) is 17.0.